The minimum absolute atomic E-state index is 0.168. The van der Waals surface area contributed by atoms with Crippen LogP contribution >= 0.6 is 0 Å². The highest BCUT2D eigenvalue weighted by molar-refractivity contribution is 5.96. The van der Waals surface area contributed by atoms with Gasteiger partial charge < -0.3 is 10.6 Å². The second-order valence-corrected chi connectivity index (χ2v) is 8.33. The highest BCUT2D eigenvalue weighted by Gasteiger charge is 2.23. The summed E-state index contributed by atoms with van der Waals surface area (Å²) in [4.78, 5) is 43.4. The van der Waals surface area contributed by atoms with Crippen molar-refractivity contribution in [2.75, 3.05) is 10.6 Å². The molecular formula is C27H26N4O3. The smallest absolute Gasteiger partial charge is 0.278 e. The number of benzene rings is 3. The molecule has 3 aromatic carbocycles. The summed E-state index contributed by atoms with van der Waals surface area (Å²) < 4.78 is 1.46. The van der Waals surface area contributed by atoms with Gasteiger partial charge in [0.05, 0.1) is 16.7 Å². The number of carbonyl (C=O) groups is 2. The zero-order valence-electron chi connectivity index (χ0n) is 19.5. The first-order valence-electron chi connectivity index (χ1n) is 11.0. The number of fused-ring (bicyclic) bond motifs is 1. The van der Waals surface area contributed by atoms with Crippen LogP contribution in [0.3, 0.4) is 0 Å². The fourth-order valence-corrected chi connectivity index (χ4v) is 3.93. The van der Waals surface area contributed by atoms with Gasteiger partial charge in [0.1, 0.15) is 11.7 Å². The maximum atomic E-state index is 13.8. The average molecular weight is 455 g/mol. The van der Waals surface area contributed by atoms with Gasteiger partial charge in [0.2, 0.25) is 11.8 Å². The van der Waals surface area contributed by atoms with Gasteiger partial charge in [0.25, 0.3) is 5.56 Å². The normalized spacial score (nSPS) is 11.8. The van der Waals surface area contributed by atoms with Crippen molar-refractivity contribution < 1.29 is 9.59 Å². The van der Waals surface area contributed by atoms with Crippen LogP contribution in [0.15, 0.2) is 71.5 Å². The monoisotopic (exact) mass is 454 g/mol. The number of amides is 2. The standard InChI is InChI=1S/C27H26N4O3/c1-16-13-14-22(28-19(4)32)20(15-16)25-27(34)31(24-12-8-7-11-23(24)29-25)18(3)26(33)30-21-10-6-5-9-17(21)2/h5-15,18H,1-4H3,(H,28,32)(H,30,33)/t18-/m1/s1. The van der Waals surface area contributed by atoms with Gasteiger partial charge in [-0.05, 0) is 56.7 Å². The van der Waals surface area contributed by atoms with E-state index in [1.54, 1.807) is 31.2 Å². The van der Waals surface area contributed by atoms with E-state index in [1.807, 2.05) is 56.3 Å². The molecule has 34 heavy (non-hydrogen) atoms. The first-order valence-corrected chi connectivity index (χ1v) is 11.0. The molecular weight excluding hydrogens is 428 g/mol. The maximum Gasteiger partial charge on any atom is 0.278 e. The van der Waals surface area contributed by atoms with Crippen LogP contribution in [0, 0.1) is 13.8 Å². The molecule has 2 amide bonds. The number of aryl methyl sites for hydroxylation is 2. The summed E-state index contributed by atoms with van der Waals surface area (Å²) in [6.07, 6.45) is 0. The fourth-order valence-electron chi connectivity index (χ4n) is 3.93. The van der Waals surface area contributed by atoms with E-state index in [-0.39, 0.29) is 17.5 Å². The van der Waals surface area contributed by atoms with Crippen molar-refractivity contribution in [2.45, 2.75) is 33.7 Å². The van der Waals surface area contributed by atoms with Crippen molar-refractivity contribution in [1.29, 1.82) is 0 Å². The van der Waals surface area contributed by atoms with Crippen LogP contribution < -0.4 is 16.2 Å². The van der Waals surface area contributed by atoms with Crippen molar-refractivity contribution in [3.8, 4) is 11.3 Å². The Morgan fingerprint density at radius 2 is 1.62 bits per heavy atom. The van der Waals surface area contributed by atoms with Crippen molar-refractivity contribution in [1.82, 2.24) is 9.55 Å². The molecule has 0 radical (unpaired) electrons. The van der Waals surface area contributed by atoms with E-state index in [0.29, 0.717) is 28.0 Å². The van der Waals surface area contributed by atoms with E-state index in [9.17, 15) is 14.4 Å². The topological polar surface area (TPSA) is 93.1 Å². The predicted octanol–water partition coefficient (Wildman–Crippen LogP) is 4.84. The molecule has 7 nitrogen and oxygen atoms in total. The molecule has 0 fully saturated rings. The summed E-state index contributed by atoms with van der Waals surface area (Å²) in [5.41, 5.74) is 4.40. The number of aromatic nitrogens is 2. The van der Waals surface area contributed by atoms with Gasteiger partial charge >= 0.3 is 0 Å². The molecule has 4 aromatic rings. The van der Waals surface area contributed by atoms with Crippen LogP contribution in [0.5, 0.6) is 0 Å². The van der Waals surface area contributed by atoms with Crippen molar-refractivity contribution in [3.05, 3.63) is 88.2 Å². The Bertz CT molecular complexity index is 1470. The molecule has 0 saturated heterocycles. The fraction of sp³-hybridized carbons (Fsp3) is 0.185. The van der Waals surface area contributed by atoms with Gasteiger partial charge in [-0.15, -0.1) is 0 Å². The lowest BCUT2D eigenvalue weighted by molar-refractivity contribution is -0.118. The van der Waals surface area contributed by atoms with Crippen molar-refractivity contribution in [3.63, 3.8) is 0 Å². The second-order valence-electron chi connectivity index (χ2n) is 8.33. The molecule has 0 bridgehead atoms. The van der Waals surface area contributed by atoms with E-state index in [4.69, 9.17) is 0 Å². The van der Waals surface area contributed by atoms with E-state index in [0.717, 1.165) is 11.1 Å². The highest BCUT2D eigenvalue weighted by Crippen LogP contribution is 2.28. The molecule has 2 N–H and O–H groups in total. The van der Waals surface area contributed by atoms with E-state index in [2.05, 4.69) is 15.6 Å². The number of hydrogen-bond acceptors (Lipinski definition) is 4. The van der Waals surface area contributed by atoms with E-state index < -0.39 is 11.6 Å². The Morgan fingerprint density at radius 1 is 0.912 bits per heavy atom. The zero-order chi connectivity index (χ0) is 24.4. The predicted molar refractivity (Wildman–Crippen MR) is 135 cm³/mol. The SMILES string of the molecule is CC(=O)Nc1ccc(C)cc1-c1nc2ccccc2n([C@H](C)C(=O)Nc2ccccc2C)c1=O. The number of para-hydroxylation sites is 3. The lowest BCUT2D eigenvalue weighted by Gasteiger charge is -2.20. The molecule has 1 aromatic heterocycles. The van der Waals surface area contributed by atoms with E-state index in [1.165, 1.54) is 11.5 Å². The Morgan fingerprint density at radius 3 is 2.35 bits per heavy atom. The minimum Gasteiger partial charge on any atom is -0.326 e. The summed E-state index contributed by atoms with van der Waals surface area (Å²) >= 11 is 0. The number of hydrogen-bond donors (Lipinski definition) is 2. The molecule has 0 aliphatic carbocycles. The summed E-state index contributed by atoms with van der Waals surface area (Å²) in [6.45, 7) is 6.91. The summed E-state index contributed by atoms with van der Waals surface area (Å²) in [5, 5.41) is 5.71. The molecule has 0 aliphatic heterocycles. The van der Waals surface area contributed by atoms with Gasteiger partial charge in [0.15, 0.2) is 0 Å². The Balaban J connectivity index is 1.89. The molecule has 172 valence electrons. The third-order valence-electron chi connectivity index (χ3n) is 5.71. The van der Waals surface area contributed by atoms with Crippen LogP contribution in [0.4, 0.5) is 11.4 Å². The first kappa shape index (κ1) is 22.9. The summed E-state index contributed by atoms with van der Waals surface area (Å²) in [5.74, 6) is -0.567. The summed E-state index contributed by atoms with van der Waals surface area (Å²) in [6, 6.07) is 19.3. The van der Waals surface area contributed by atoms with Crippen molar-refractivity contribution >= 4 is 34.2 Å². The lowest BCUT2D eigenvalue weighted by atomic mass is 10.1. The molecule has 1 heterocycles. The van der Waals surface area contributed by atoms with Gasteiger partial charge in [0, 0.05) is 18.2 Å². The van der Waals surface area contributed by atoms with Crippen LogP contribution in [0.2, 0.25) is 0 Å². The third kappa shape index (κ3) is 4.45. The number of rotatable bonds is 5. The van der Waals surface area contributed by atoms with E-state index >= 15 is 0 Å². The van der Waals surface area contributed by atoms with Crippen LogP contribution in [0.1, 0.15) is 31.0 Å². The quantitative estimate of drug-likeness (QED) is 0.451. The third-order valence-corrected chi connectivity index (χ3v) is 5.71. The molecule has 1 atom stereocenters. The lowest BCUT2D eigenvalue weighted by Crippen LogP contribution is -2.33. The van der Waals surface area contributed by atoms with Gasteiger partial charge in [-0.3, -0.25) is 19.0 Å². The highest BCUT2D eigenvalue weighted by atomic mass is 16.2. The van der Waals surface area contributed by atoms with Gasteiger partial charge in [-0.1, -0.05) is 42.0 Å². The number of nitrogens with one attached hydrogen (secondary N) is 2. The molecule has 0 spiro atoms. The number of anilines is 2. The first-order chi connectivity index (χ1) is 16.3. The minimum atomic E-state index is -0.812. The largest absolute Gasteiger partial charge is 0.326 e. The van der Waals surface area contributed by atoms with Gasteiger partial charge in [-0.2, -0.15) is 0 Å². The molecule has 7 heteroatoms. The van der Waals surface area contributed by atoms with Crippen LogP contribution in [-0.2, 0) is 9.59 Å². The molecule has 0 saturated carbocycles. The van der Waals surface area contributed by atoms with Gasteiger partial charge in [-0.25, -0.2) is 4.98 Å². The second kappa shape index (κ2) is 9.31. The average Bonchev–Trinajstić information content (AvgIpc) is 2.80. The maximum absolute atomic E-state index is 13.8. The molecule has 4 rings (SSSR count). The number of carbonyl (C=O) groups excluding carboxylic acids is 2. The number of nitrogens with zero attached hydrogens (tertiary/aromatic N) is 2. The molecule has 0 aliphatic rings. The Kier molecular flexibility index (Phi) is 6.27. The van der Waals surface area contributed by atoms with Crippen LogP contribution in [-0.4, -0.2) is 21.4 Å². The Hall–Kier alpha value is -4.26. The zero-order valence-corrected chi connectivity index (χ0v) is 19.5. The molecule has 0 unspecified atom stereocenters. The van der Waals surface area contributed by atoms with Crippen molar-refractivity contribution in [2.24, 2.45) is 0 Å². The summed E-state index contributed by atoms with van der Waals surface area (Å²) in [7, 11) is 0. The van der Waals surface area contributed by atoms with Crippen LogP contribution in [0.25, 0.3) is 22.3 Å². The Labute approximate surface area is 197 Å².